The normalized spacial score (nSPS) is 14.9. The Morgan fingerprint density at radius 1 is 0.538 bits per heavy atom. The minimum absolute atomic E-state index is 0.870. The fourth-order valence-corrected chi connectivity index (χ4v) is 6.54. The molecule has 2 N–H and O–H groups in total. The summed E-state index contributed by atoms with van der Waals surface area (Å²) in [5, 5.41) is 9.66. The molecule has 2 aliphatic heterocycles. The van der Waals surface area contributed by atoms with Crippen molar-refractivity contribution in [2.75, 3.05) is 13.1 Å². The molecule has 0 bridgehead atoms. The average molecular weight is 511 g/mol. The summed E-state index contributed by atoms with van der Waals surface area (Å²) in [4.78, 5) is 0. The molecular weight excluding hydrogens is 480 g/mol. The predicted molar refractivity (Wildman–Crippen MR) is 157 cm³/mol. The zero-order valence-electron chi connectivity index (χ0n) is 21.8. The second-order valence-electron chi connectivity index (χ2n) is 10.5. The first-order valence-electron chi connectivity index (χ1n) is 13.9. The highest BCUT2D eigenvalue weighted by atomic mass is 16.5. The van der Waals surface area contributed by atoms with E-state index in [1.165, 1.54) is 55.7 Å². The lowest BCUT2D eigenvalue weighted by Gasteiger charge is -2.17. The van der Waals surface area contributed by atoms with Crippen LogP contribution in [0, 0.1) is 0 Å². The number of benzene rings is 4. The van der Waals surface area contributed by atoms with E-state index < -0.39 is 0 Å². The Hall–Kier alpha value is -4.32. The minimum Gasteiger partial charge on any atom is -0.457 e. The summed E-state index contributed by atoms with van der Waals surface area (Å²) in [5.41, 5.74) is 10.4. The molecule has 0 atom stereocenters. The Labute approximate surface area is 227 Å². The van der Waals surface area contributed by atoms with Crippen molar-refractivity contribution in [2.24, 2.45) is 0 Å². The third-order valence-electron chi connectivity index (χ3n) is 8.25. The molecule has 0 aliphatic carbocycles. The van der Waals surface area contributed by atoms with Gasteiger partial charge in [0.25, 0.3) is 0 Å². The maximum absolute atomic E-state index is 6.55. The summed E-state index contributed by atoms with van der Waals surface area (Å²) in [6, 6.07) is 34.5. The second-order valence-corrected chi connectivity index (χ2v) is 10.5. The van der Waals surface area contributed by atoms with Crippen molar-refractivity contribution >= 4 is 21.8 Å². The number of aromatic nitrogens is 2. The lowest BCUT2D eigenvalue weighted by atomic mass is 10.1. The number of rotatable bonds is 4. The van der Waals surface area contributed by atoms with Gasteiger partial charge in [-0.05, 0) is 71.8 Å². The fraction of sp³-hybridized carbons (Fsp3) is 0.176. The van der Waals surface area contributed by atoms with E-state index in [-0.39, 0.29) is 0 Å². The van der Waals surface area contributed by atoms with Crippen molar-refractivity contribution in [1.82, 2.24) is 19.8 Å². The lowest BCUT2D eigenvalue weighted by Crippen LogP contribution is -2.24. The van der Waals surface area contributed by atoms with Gasteiger partial charge in [0.2, 0.25) is 0 Å². The maximum Gasteiger partial charge on any atom is 0.128 e. The molecule has 0 fully saturated rings. The average Bonchev–Trinajstić information content (AvgIpc) is 3.50. The van der Waals surface area contributed by atoms with Gasteiger partial charge in [0.15, 0.2) is 0 Å². The summed E-state index contributed by atoms with van der Waals surface area (Å²) >= 11 is 0. The molecule has 4 heterocycles. The Kier molecular flexibility index (Phi) is 5.32. The predicted octanol–water partition coefficient (Wildman–Crippen LogP) is 6.66. The van der Waals surface area contributed by atoms with Crippen LogP contribution in [0.4, 0.5) is 0 Å². The molecule has 0 radical (unpaired) electrons. The molecule has 5 heteroatoms. The third kappa shape index (κ3) is 3.69. The van der Waals surface area contributed by atoms with Crippen LogP contribution in [-0.2, 0) is 25.9 Å². The van der Waals surface area contributed by atoms with E-state index in [0.29, 0.717) is 0 Å². The van der Waals surface area contributed by atoms with Crippen LogP contribution in [-0.4, -0.2) is 22.2 Å². The van der Waals surface area contributed by atoms with Gasteiger partial charge in [-0.25, -0.2) is 0 Å². The first-order valence-corrected chi connectivity index (χ1v) is 13.9. The van der Waals surface area contributed by atoms with Crippen molar-refractivity contribution in [3.05, 3.63) is 120 Å². The van der Waals surface area contributed by atoms with Gasteiger partial charge in [-0.1, -0.05) is 36.4 Å². The van der Waals surface area contributed by atoms with E-state index >= 15 is 0 Å². The summed E-state index contributed by atoms with van der Waals surface area (Å²) in [7, 11) is 0. The summed E-state index contributed by atoms with van der Waals surface area (Å²) in [5.74, 6) is 1.74. The number of nitrogens with one attached hydrogen (secondary N) is 2. The highest BCUT2D eigenvalue weighted by Crippen LogP contribution is 2.37. The lowest BCUT2D eigenvalue weighted by molar-refractivity contribution is 0.484. The fourth-order valence-electron chi connectivity index (χ4n) is 6.54. The molecule has 4 aromatic carbocycles. The Morgan fingerprint density at radius 3 is 1.46 bits per heavy atom. The smallest absolute Gasteiger partial charge is 0.128 e. The Bertz CT molecular complexity index is 1700. The number of hydrogen-bond donors (Lipinski definition) is 2. The summed E-state index contributed by atoms with van der Waals surface area (Å²) < 4.78 is 11.4. The molecule has 0 saturated carbocycles. The van der Waals surface area contributed by atoms with Crippen LogP contribution in [0.3, 0.4) is 0 Å². The van der Waals surface area contributed by atoms with Crippen LogP contribution in [0.15, 0.2) is 97.1 Å². The zero-order chi connectivity index (χ0) is 25.8. The molecule has 0 saturated heterocycles. The summed E-state index contributed by atoms with van der Waals surface area (Å²) in [6.45, 7) is 3.77. The monoisotopic (exact) mass is 510 g/mol. The zero-order valence-corrected chi connectivity index (χ0v) is 21.8. The van der Waals surface area contributed by atoms with E-state index in [1.54, 1.807) is 0 Å². The Morgan fingerprint density at radius 2 is 1.00 bits per heavy atom. The summed E-state index contributed by atoms with van der Waals surface area (Å²) in [6.07, 6.45) is 2.03. The molecule has 6 aromatic rings. The molecule has 0 spiro atoms. The van der Waals surface area contributed by atoms with Gasteiger partial charge in [-0.3, -0.25) is 0 Å². The van der Waals surface area contributed by atoms with Gasteiger partial charge >= 0.3 is 0 Å². The molecule has 8 rings (SSSR count). The van der Waals surface area contributed by atoms with Crippen LogP contribution in [0.5, 0.6) is 11.5 Å². The quantitative estimate of drug-likeness (QED) is 0.279. The number of ether oxygens (including phenoxy) is 1. The van der Waals surface area contributed by atoms with Crippen molar-refractivity contribution in [3.8, 4) is 22.9 Å². The van der Waals surface area contributed by atoms with E-state index in [0.717, 1.165) is 50.5 Å². The van der Waals surface area contributed by atoms with Crippen molar-refractivity contribution in [1.29, 1.82) is 0 Å². The van der Waals surface area contributed by atoms with Crippen LogP contribution >= 0.6 is 0 Å². The van der Waals surface area contributed by atoms with E-state index in [1.807, 2.05) is 0 Å². The standard InChI is InChI=1S/C34H30N4O/c1-3-7-23(8-4-1)37-31-13-11-25(19-27(31)29-21-35-17-15-33(29)37)39-26-12-14-32-28(20-26)30-22-36-18-16-34(30)38(32)24-9-5-2-6-10-24/h1-14,19-20,35-36H,15-18,21-22H2. The molecule has 2 aliphatic rings. The Balaban J connectivity index is 1.22. The SMILES string of the molecule is c1ccc(-n2c3c(c4cc(Oc5ccc6c(c5)c5c(n6-c6ccccc6)CCNC5)ccc42)CNCC3)cc1. The highest BCUT2D eigenvalue weighted by Gasteiger charge is 2.23. The molecule has 0 unspecified atom stereocenters. The van der Waals surface area contributed by atoms with Crippen LogP contribution in [0.2, 0.25) is 0 Å². The largest absolute Gasteiger partial charge is 0.457 e. The van der Waals surface area contributed by atoms with E-state index in [2.05, 4.69) is 117 Å². The van der Waals surface area contributed by atoms with Crippen LogP contribution in [0.25, 0.3) is 33.2 Å². The van der Waals surface area contributed by atoms with E-state index in [9.17, 15) is 0 Å². The minimum atomic E-state index is 0.870. The first-order chi connectivity index (χ1) is 19.3. The molecule has 39 heavy (non-hydrogen) atoms. The molecule has 192 valence electrons. The third-order valence-corrected chi connectivity index (χ3v) is 8.25. The molecule has 5 nitrogen and oxygen atoms in total. The van der Waals surface area contributed by atoms with Gasteiger partial charge in [0.1, 0.15) is 11.5 Å². The van der Waals surface area contributed by atoms with Crippen LogP contribution in [0.1, 0.15) is 22.5 Å². The van der Waals surface area contributed by atoms with Gasteiger partial charge in [-0.2, -0.15) is 0 Å². The molecule has 0 amide bonds. The number of nitrogens with zero attached hydrogens (tertiary/aromatic N) is 2. The van der Waals surface area contributed by atoms with Crippen molar-refractivity contribution < 1.29 is 4.74 Å². The van der Waals surface area contributed by atoms with Gasteiger partial charge in [0, 0.05) is 72.6 Å². The number of hydrogen-bond acceptors (Lipinski definition) is 3. The van der Waals surface area contributed by atoms with Crippen molar-refractivity contribution in [2.45, 2.75) is 25.9 Å². The highest BCUT2D eigenvalue weighted by molar-refractivity contribution is 5.90. The molecule has 2 aromatic heterocycles. The number of para-hydroxylation sites is 2. The van der Waals surface area contributed by atoms with Gasteiger partial charge in [-0.15, -0.1) is 0 Å². The van der Waals surface area contributed by atoms with Gasteiger partial charge < -0.3 is 24.5 Å². The maximum atomic E-state index is 6.55. The first kappa shape index (κ1) is 22.6. The topological polar surface area (TPSA) is 43.1 Å². The van der Waals surface area contributed by atoms with E-state index in [4.69, 9.17) is 4.74 Å². The van der Waals surface area contributed by atoms with Crippen molar-refractivity contribution in [3.63, 3.8) is 0 Å². The number of fused-ring (bicyclic) bond motifs is 6. The second kappa shape index (κ2) is 9.16. The van der Waals surface area contributed by atoms with Gasteiger partial charge in [0.05, 0.1) is 11.0 Å². The molecular formula is C34H30N4O. The van der Waals surface area contributed by atoms with Crippen LogP contribution < -0.4 is 15.4 Å².